The van der Waals surface area contributed by atoms with Crippen LogP contribution in [-0.4, -0.2) is 25.8 Å². The van der Waals surface area contributed by atoms with Crippen molar-refractivity contribution in [2.75, 3.05) is 13.1 Å². The van der Waals surface area contributed by atoms with Crippen molar-refractivity contribution in [3.05, 3.63) is 84.0 Å². The Hall–Kier alpha value is -2.68. The second-order valence-electron chi connectivity index (χ2n) is 5.59. The molecular formula is C20H20N2O2S. The minimum absolute atomic E-state index is 0.00633. The summed E-state index contributed by atoms with van der Waals surface area (Å²) >= 11 is 0. The molecule has 0 heterocycles. The Labute approximate surface area is 149 Å². The third-order valence-corrected chi connectivity index (χ3v) is 5.45. The molecule has 4 nitrogen and oxygen atoms in total. The molecule has 0 saturated carbocycles. The van der Waals surface area contributed by atoms with Crippen molar-refractivity contribution in [1.82, 2.24) is 4.31 Å². The zero-order chi connectivity index (χ0) is 18.3. The van der Waals surface area contributed by atoms with Crippen LogP contribution >= 0.6 is 0 Å². The maximum absolute atomic E-state index is 12.9. The van der Waals surface area contributed by atoms with Crippen molar-refractivity contribution in [2.45, 2.75) is 11.8 Å². The van der Waals surface area contributed by atoms with Gasteiger partial charge in [-0.15, -0.1) is 6.58 Å². The van der Waals surface area contributed by atoms with Gasteiger partial charge in [-0.1, -0.05) is 54.1 Å². The number of nitrogens with zero attached hydrogens (tertiary/aromatic N) is 2. The maximum Gasteiger partial charge on any atom is 0.243 e. The summed E-state index contributed by atoms with van der Waals surface area (Å²) < 4.78 is 27.0. The summed E-state index contributed by atoms with van der Waals surface area (Å²) in [7, 11) is -3.71. The third-order valence-electron chi connectivity index (χ3n) is 3.62. The van der Waals surface area contributed by atoms with E-state index in [0.717, 1.165) is 11.1 Å². The molecule has 0 aliphatic carbocycles. The first-order valence-electron chi connectivity index (χ1n) is 7.81. The first-order valence-corrected chi connectivity index (χ1v) is 9.25. The molecule has 5 heteroatoms. The maximum atomic E-state index is 12.9. The van der Waals surface area contributed by atoms with Crippen LogP contribution in [0.4, 0.5) is 0 Å². The molecule has 0 aliphatic rings. The Bertz CT molecular complexity index is 893. The van der Waals surface area contributed by atoms with Gasteiger partial charge in [-0.3, -0.25) is 0 Å². The zero-order valence-corrected chi connectivity index (χ0v) is 14.9. The van der Waals surface area contributed by atoms with Crippen LogP contribution in [0.25, 0.3) is 6.08 Å². The van der Waals surface area contributed by atoms with E-state index in [-0.39, 0.29) is 18.0 Å². The van der Waals surface area contributed by atoms with Crippen molar-refractivity contribution in [1.29, 1.82) is 5.26 Å². The van der Waals surface area contributed by atoms with E-state index in [4.69, 9.17) is 0 Å². The molecule has 0 amide bonds. The van der Waals surface area contributed by atoms with Gasteiger partial charge in [0.25, 0.3) is 0 Å². The van der Waals surface area contributed by atoms with Gasteiger partial charge in [-0.2, -0.15) is 9.57 Å². The van der Waals surface area contributed by atoms with Crippen molar-refractivity contribution in [2.24, 2.45) is 0 Å². The summed E-state index contributed by atoms with van der Waals surface area (Å²) in [6, 6.07) is 18.1. The Morgan fingerprint density at radius 1 is 1.16 bits per heavy atom. The molecule has 0 N–H and O–H groups in total. The molecule has 0 saturated heterocycles. The second kappa shape index (κ2) is 8.43. The number of aryl methyl sites for hydroxylation is 1. The topological polar surface area (TPSA) is 61.2 Å². The molecule has 0 aliphatic heterocycles. The largest absolute Gasteiger partial charge is 0.243 e. The Morgan fingerprint density at radius 3 is 2.36 bits per heavy atom. The number of hydrogen-bond donors (Lipinski definition) is 0. The zero-order valence-electron chi connectivity index (χ0n) is 14.1. The van der Waals surface area contributed by atoms with Crippen LogP contribution in [0.2, 0.25) is 0 Å². The molecule has 0 radical (unpaired) electrons. The summed E-state index contributed by atoms with van der Waals surface area (Å²) in [4.78, 5) is 0.206. The molecule has 2 rings (SSSR count). The monoisotopic (exact) mass is 352 g/mol. The van der Waals surface area contributed by atoms with Gasteiger partial charge in [0.05, 0.1) is 11.0 Å². The lowest BCUT2D eigenvalue weighted by Gasteiger charge is -2.20. The normalized spacial score (nSPS) is 12.0. The van der Waals surface area contributed by atoms with E-state index in [9.17, 15) is 13.7 Å². The fourth-order valence-electron chi connectivity index (χ4n) is 2.30. The molecule has 0 atom stereocenters. The molecule has 2 aromatic carbocycles. The van der Waals surface area contributed by atoms with Crippen LogP contribution in [0.3, 0.4) is 0 Å². The molecule has 128 valence electrons. The lowest BCUT2D eigenvalue weighted by atomic mass is 10.1. The van der Waals surface area contributed by atoms with Crippen LogP contribution in [0.5, 0.6) is 0 Å². The number of hydrogen-bond acceptors (Lipinski definition) is 3. The lowest BCUT2D eigenvalue weighted by Crippen LogP contribution is -2.33. The average Bonchev–Trinajstić information content (AvgIpc) is 2.61. The molecule has 0 fully saturated rings. The molecule has 2 aromatic rings. The predicted octanol–water partition coefficient (Wildman–Crippen LogP) is 3.78. The SMILES string of the molecule is C=CCN(C/C(C#N)=C/c1ccccc1)S(=O)(=O)c1ccc(C)cc1. The highest BCUT2D eigenvalue weighted by molar-refractivity contribution is 7.89. The highest BCUT2D eigenvalue weighted by atomic mass is 32.2. The van der Waals surface area contributed by atoms with Crippen molar-refractivity contribution in [3.8, 4) is 6.07 Å². The van der Waals surface area contributed by atoms with Crippen LogP contribution in [0.1, 0.15) is 11.1 Å². The lowest BCUT2D eigenvalue weighted by molar-refractivity contribution is 0.470. The van der Waals surface area contributed by atoms with Crippen molar-refractivity contribution >= 4 is 16.1 Å². The van der Waals surface area contributed by atoms with E-state index in [2.05, 4.69) is 12.6 Å². The summed E-state index contributed by atoms with van der Waals surface area (Å²) in [6.45, 7) is 5.65. The van der Waals surface area contributed by atoms with E-state index < -0.39 is 10.0 Å². The Kier molecular flexibility index (Phi) is 6.29. The van der Waals surface area contributed by atoms with E-state index in [0.29, 0.717) is 5.57 Å². The van der Waals surface area contributed by atoms with Gasteiger partial charge in [-0.05, 0) is 30.7 Å². The number of sulfonamides is 1. The highest BCUT2D eigenvalue weighted by Gasteiger charge is 2.24. The van der Waals surface area contributed by atoms with Crippen molar-refractivity contribution < 1.29 is 8.42 Å². The second-order valence-corrected chi connectivity index (χ2v) is 7.53. The van der Waals surface area contributed by atoms with Gasteiger partial charge in [0.1, 0.15) is 0 Å². The molecule has 25 heavy (non-hydrogen) atoms. The van der Waals surface area contributed by atoms with E-state index in [1.54, 1.807) is 30.3 Å². The first-order chi connectivity index (χ1) is 12.0. The van der Waals surface area contributed by atoms with Crippen LogP contribution < -0.4 is 0 Å². The van der Waals surface area contributed by atoms with E-state index >= 15 is 0 Å². The van der Waals surface area contributed by atoms with Crippen molar-refractivity contribution in [3.63, 3.8) is 0 Å². The molecule has 0 aromatic heterocycles. The summed E-state index contributed by atoms with van der Waals surface area (Å²) in [5, 5.41) is 9.41. The predicted molar refractivity (Wildman–Crippen MR) is 100 cm³/mol. The molecular weight excluding hydrogens is 332 g/mol. The molecule has 0 unspecified atom stereocenters. The molecule has 0 bridgehead atoms. The fourth-order valence-corrected chi connectivity index (χ4v) is 3.69. The van der Waals surface area contributed by atoms with Crippen LogP contribution in [0, 0.1) is 18.3 Å². The third kappa shape index (κ3) is 4.90. The highest BCUT2D eigenvalue weighted by Crippen LogP contribution is 2.18. The Morgan fingerprint density at radius 2 is 1.80 bits per heavy atom. The van der Waals surface area contributed by atoms with E-state index in [1.807, 2.05) is 37.3 Å². The van der Waals surface area contributed by atoms with Crippen LogP contribution in [-0.2, 0) is 10.0 Å². The van der Waals surface area contributed by atoms with Gasteiger partial charge in [-0.25, -0.2) is 8.42 Å². The number of nitriles is 1. The smallest absolute Gasteiger partial charge is 0.207 e. The van der Waals surface area contributed by atoms with Gasteiger partial charge in [0.15, 0.2) is 0 Å². The van der Waals surface area contributed by atoms with Gasteiger partial charge in [0.2, 0.25) is 10.0 Å². The summed E-state index contributed by atoms with van der Waals surface area (Å²) in [5.74, 6) is 0. The number of benzene rings is 2. The summed E-state index contributed by atoms with van der Waals surface area (Å²) in [5.41, 5.74) is 2.20. The van der Waals surface area contributed by atoms with E-state index in [1.165, 1.54) is 10.4 Å². The van der Waals surface area contributed by atoms with Gasteiger partial charge < -0.3 is 0 Å². The van der Waals surface area contributed by atoms with Gasteiger partial charge in [0, 0.05) is 18.7 Å². The Balaban J connectivity index is 2.33. The molecule has 0 spiro atoms. The van der Waals surface area contributed by atoms with Crippen LogP contribution in [0.15, 0.2) is 77.7 Å². The fraction of sp³-hybridized carbons (Fsp3) is 0.150. The first kappa shape index (κ1) is 18.7. The minimum atomic E-state index is -3.71. The quantitative estimate of drug-likeness (QED) is 0.563. The average molecular weight is 352 g/mol. The number of rotatable bonds is 7. The van der Waals surface area contributed by atoms with Gasteiger partial charge >= 0.3 is 0 Å². The standard InChI is InChI=1S/C20H20N2O2S/c1-3-13-22(25(23,24)20-11-9-17(2)10-12-20)16-19(15-21)14-18-7-5-4-6-8-18/h3-12,14H,1,13,16H2,2H3/b19-14+. The minimum Gasteiger partial charge on any atom is -0.207 e. The summed E-state index contributed by atoms with van der Waals surface area (Å²) in [6.07, 6.45) is 3.21.